The highest BCUT2D eigenvalue weighted by Gasteiger charge is 2.27. The number of hydrogen-bond acceptors (Lipinski definition) is 6. The summed E-state index contributed by atoms with van der Waals surface area (Å²) in [4.78, 5) is 25.7. The molecule has 1 saturated heterocycles. The number of carbonyl (C=O) groups is 1. The Morgan fingerprint density at radius 1 is 1.12 bits per heavy atom. The SMILES string of the molecule is CCc1nc(-c2ccc(OC)c(F)c2)nc2c1CCN2c1cccc(OCC(=O)N2CCC2)c1. The fraction of sp³-hybridized carbons (Fsp3) is 0.346. The van der Waals surface area contributed by atoms with Gasteiger partial charge >= 0.3 is 0 Å². The highest BCUT2D eigenvalue weighted by molar-refractivity contribution is 5.78. The van der Waals surface area contributed by atoms with Crippen LogP contribution in [0.15, 0.2) is 42.5 Å². The fourth-order valence-electron chi connectivity index (χ4n) is 4.35. The molecule has 7 nitrogen and oxygen atoms in total. The molecule has 3 heterocycles. The van der Waals surface area contributed by atoms with Crippen molar-refractivity contribution in [2.24, 2.45) is 0 Å². The van der Waals surface area contributed by atoms with E-state index in [4.69, 9.17) is 19.4 Å². The lowest BCUT2D eigenvalue weighted by Gasteiger charge is -2.30. The molecule has 34 heavy (non-hydrogen) atoms. The molecule has 3 aromatic rings. The number of carbonyl (C=O) groups excluding carboxylic acids is 1. The molecule has 176 valence electrons. The van der Waals surface area contributed by atoms with Crippen LogP contribution < -0.4 is 14.4 Å². The quantitative estimate of drug-likeness (QED) is 0.525. The highest BCUT2D eigenvalue weighted by Crippen LogP contribution is 2.37. The second-order valence-electron chi connectivity index (χ2n) is 8.42. The van der Waals surface area contributed by atoms with Crippen molar-refractivity contribution in [1.29, 1.82) is 0 Å². The first-order chi connectivity index (χ1) is 16.6. The number of amides is 1. The summed E-state index contributed by atoms with van der Waals surface area (Å²) < 4.78 is 25.2. The summed E-state index contributed by atoms with van der Waals surface area (Å²) >= 11 is 0. The van der Waals surface area contributed by atoms with Crippen LogP contribution in [0.3, 0.4) is 0 Å². The Morgan fingerprint density at radius 2 is 1.97 bits per heavy atom. The van der Waals surface area contributed by atoms with Gasteiger partial charge in [0.05, 0.1) is 7.11 Å². The molecule has 1 fully saturated rings. The molecule has 2 aromatic carbocycles. The predicted octanol–water partition coefficient (Wildman–Crippen LogP) is 4.16. The van der Waals surface area contributed by atoms with E-state index in [1.807, 2.05) is 24.3 Å². The van der Waals surface area contributed by atoms with Crippen LogP contribution in [0.2, 0.25) is 0 Å². The molecule has 1 amide bonds. The van der Waals surface area contributed by atoms with Gasteiger partial charge in [0.2, 0.25) is 0 Å². The molecule has 0 N–H and O–H groups in total. The predicted molar refractivity (Wildman–Crippen MR) is 127 cm³/mol. The van der Waals surface area contributed by atoms with Crippen molar-refractivity contribution in [3.8, 4) is 22.9 Å². The van der Waals surface area contributed by atoms with E-state index >= 15 is 0 Å². The maximum absolute atomic E-state index is 14.4. The Hall–Kier alpha value is -3.68. The van der Waals surface area contributed by atoms with Crippen molar-refractivity contribution in [3.05, 3.63) is 59.5 Å². The number of methoxy groups -OCH3 is 1. The van der Waals surface area contributed by atoms with Gasteiger partial charge in [0, 0.05) is 48.2 Å². The second kappa shape index (κ2) is 9.29. The Labute approximate surface area is 198 Å². The van der Waals surface area contributed by atoms with Crippen LogP contribution in [-0.2, 0) is 17.6 Å². The number of fused-ring (bicyclic) bond motifs is 1. The molecular formula is C26H27FN4O3. The van der Waals surface area contributed by atoms with Crippen molar-refractivity contribution in [3.63, 3.8) is 0 Å². The monoisotopic (exact) mass is 462 g/mol. The van der Waals surface area contributed by atoms with Gasteiger partial charge in [0.15, 0.2) is 24.0 Å². The van der Waals surface area contributed by atoms with Crippen LogP contribution >= 0.6 is 0 Å². The first-order valence-electron chi connectivity index (χ1n) is 11.6. The third kappa shape index (κ3) is 4.16. The van der Waals surface area contributed by atoms with Gasteiger partial charge in [-0.05, 0) is 49.6 Å². The molecule has 0 bridgehead atoms. The number of halogens is 1. The van der Waals surface area contributed by atoms with Gasteiger partial charge < -0.3 is 19.3 Å². The van der Waals surface area contributed by atoms with Crippen molar-refractivity contribution in [2.75, 3.05) is 38.3 Å². The van der Waals surface area contributed by atoms with Gasteiger partial charge in [-0.3, -0.25) is 4.79 Å². The number of likely N-dealkylation sites (tertiary alicyclic amines) is 1. The molecule has 2 aliphatic heterocycles. The Balaban J connectivity index is 1.43. The minimum Gasteiger partial charge on any atom is -0.494 e. The summed E-state index contributed by atoms with van der Waals surface area (Å²) in [5.74, 6) is 1.70. The van der Waals surface area contributed by atoms with Crippen molar-refractivity contribution in [1.82, 2.24) is 14.9 Å². The molecule has 0 unspecified atom stereocenters. The number of aryl methyl sites for hydroxylation is 1. The summed E-state index contributed by atoms with van der Waals surface area (Å²) in [6.07, 6.45) is 2.64. The Kier molecular flexibility index (Phi) is 6.04. The standard InChI is InChI=1S/C26H27FN4O3/c1-3-22-20-10-13-31(18-6-4-7-19(15-18)34-16-24(32)30-11-5-12-30)26(20)29-25(28-22)17-8-9-23(33-2)21(27)14-17/h4,6-9,14-15H,3,5,10-13,16H2,1-2H3. The molecule has 0 atom stereocenters. The molecule has 0 spiro atoms. The fourth-order valence-corrected chi connectivity index (χ4v) is 4.35. The number of benzene rings is 2. The normalized spacial score (nSPS) is 14.6. The minimum atomic E-state index is -0.448. The van der Waals surface area contributed by atoms with Crippen LogP contribution in [0.25, 0.3) is 11.4 Å². The van der Waals surface area contributed by atoms with Gasteiger partial charge in [-0.15, -0.1) is 0 Å². The van der Waals surface area contributed by atoms with E-state index in [1.165, 1.54) is 13.2 Å². The van der Waals surface area contributed by atoms with E-state index in [0.29, 0.717) is 17.1 Å². The number of hydrogen-bond donors (Lipinski definition) is 0. The highest BCUT2D eigenvalue weighted by atomic mass is 19.1. The summed E-state index contributed by atoms with van der Waals surface area (Å²) in [6.45, 7) is 4.48. The van der Waals surface area contributed by atoms with Gasteiger partial charge in [-0.2, -0.15) is 0 Å². The summed E-state index contributed by atoms with van der Waals surface area (Å²) in [6, 6.07) is 12.5. The molecule has 1 aromatic heterocycles. The number of ether oxygens (including phenoxy) is 2. The third-order valence-electron chi connectivity index (χ3n) is 6.36. The van der Waals surface area contributed by atoms with Gasteiger partial charge in [-0.25, -0.2) is 14.4 Å². The van der Waals surface area contributed by atoms with Crippen molar-refractivity contribution >= 4 is 17.4 Å². The molecule has 0 radical (unpaired) electrons. The summed E-state index contributed by atoms with van der Waals surface area (Å²) in [7, 11) is 1.44. The lowest BCUT2D eigenvalue weighted by molar-refractivity contribution is -0.136. The van der Waals surface area contributed by atoms with Gasteiger partial charge in [0.25, 0.3) is 5.91 Å². The number of aromatic nitrogens is 2. The van der Waals surface area contributed by atoms with Crippen LogP contribution in [-0.4, -0.2) is 54.1 Å². The molecule has 8 heteroatoms. The van der Waals surface area contributed by atoms with Gasteiger partial charge in [-0.1, -0.05) is 13.0 Å². The number of rotatable bonds is 7. The van der Waals surface area contributed by atoms with Crippen LogP contribution in [0.1, 0.15) is 24.6 Å². The molecule has 5 rings (SSSR count). The largest absolute Gasteiger partial charge is 0.494 e. The van der Waals surface area contributed by atoms with E-state index < -0.39 is 5.82 Å². The minimum absolute atomic E-state index is 0.0138. The topological polar surface area (TPSA) is 67.8 Å². The third-order valence-corrected chi connectivity index (χ3v) is 6.36. The zero-order valence-electron chi connectivity index (χ0n) is 19.4. The van der Waals surface area contributed by atoms with Crippen LogP contribution in [0.4, 0.5) is 15.9 Å². The first kappa shape index (κ1) is 22.1. The van der Waals surface area contributed by atoms with E-state index in [1.54, 1.807) is 17.0 Å². The molecule has 2 aliphatic rings. The lowest BCUT2D eigenvalue weighted by Crippen LogP contribution is -2.44. The van der Waals surface area contributed by atoms with Crippen molar-refractivity contribution < 1.29 is 18.7 Å². The van der Waals surface area contributed by atoms with Crippen molar-refractivity contribution in [2.45, 2.75) is 26.2 Å². The molecule has 0 saturated carbocycles. The van der Waals surface area contributed by atoms with Crippen LogP contribution in [0.5, 0.6) is 11.5 Å². The zero-order chi connectivity index (χ0) is 23.7. The number of nitrogens with zero attached hydrogens (tertiary/aromatic N) is 4. The lowest BCUT2D eigenvalue weighted by atomic mass is 10.1. The van der Waals surface area contributed by atoms with E-state index in [-0.39, 0.29) is 18.3 Å². The maximum atomic E-state index is 14.4. The Morgan fingerprint density at radius 3 is 2.68 bits per heavy atom. The molecule has 0 aliphatic carbocycles. The van der Waals surface area contributed by atoms with E-state index in [9.17, 15) is 9.18 Å². The Bertz CT molecular complexity index is 1230. The smallest absolute Gasteiger partial charge is 0.260 e. The van der Waals surface area contributed by atoms with Gasteiger partial charge in [0.1, 0.15) is 11.6 Å². The molecular weight excluding hydrogens is 435 g/mol. The zero-order valence-corrected chi connectivity index (χ0v) is 19.4. The van der Waals surface area contributed by atoms with E-state index in [2.05, 4.69) is 11.8 Å². The first-order valence-corrected chi connectivity index (χ1v) is 11.6. The van der Waals surface area contributed by atoms with E-state index in [0.717, 1.165) is 61.7 Å². The maximum Gasteiger partial charge on any atom is 0.260 e. The average Bonchev–Trinajstić information content (AvgIpc) is 3.25. The van der Waals surface area contributed by atoms with Crippen LogP contribution in [0, 0.1) is 5.82 Å². The average molecular weight is 463 g/mol. The second-order valence-corrected chi connectivity index (χ2v) is 8.42. The summed E-state index contributed by atoms with van der Waals surface area (Å²) in [5.41, 5.74) is 3.61. The number of anilines is 2. The summed E-state index contributed by atoms with van der Waals surface area (Å²) in [5, 5.41) is 0.